The standard InChI is InChI=1S/C12H18N4O5.C12H19NO6/c1-6(17)15-7-8-9(20-11(2,3)19-8)12(4-14-16-13)5-18-10(7)21-12;1-6(15)13-7-8-9(18-11(2,3)17-8)12(4-14)5-16-10(7)19-12/h7-10H,4-5H2,1-3H3,(H,15,17);7-10,14H,4-5H2,1-3H3,(H,13,15)/t2*7-,8-,9-,10+,12+/m11/s1. The molecule has 0 spiro atoms. The predicted octanol–water partition coefficient (Wildman–Crippen LogP) is -0.424. The highest BCUT2D eigenvalue weighted by Gasteiger charge is 2.67. The quantitative estimate of drug-likeness (QED) is 0.220. The molecule has 6 fully saturated rings. The van der Waals surface area contributed by atoms with Crippen LogP contribution in [-0.4, -0.2) is 115 Å². The van der Waals surface area contributed by atoms with E-state index in [1.165, 1.54) is 13.8 Å². The smallest absolute Gasteiger partial charge is 0.217 e. The third-order valence-corrected chi connectivity index (χ3v) is 7.68. The maximum absolute atomic E-state index is 11.4. The van der Waals surface area contributed by atoms with Crippen molar-refractivity contribution >= 4 is 11.8 Å². The van der Waals surface area contributed by atoms with Gasteiger partial charge < -0.3 is 53.6 Å². The molecule has 16 heteroatoms. The average molecular weight is 572 g/mol. The first-order valence-electron chi connectivity index (χ1n) is 13.2. The summed E-state index contributed by atoms with van der Waals surface area (Å²) >= 11 is 0. The van der Waals surface area contributed by atoms with Gasteiger partial charge in [-0.1, -0.05) is 5.11 Å². The molecule has 3 N–H and O–H groups in total. The van der Waals surface area contributed by atoms with Crippen LogP contribution in [0.25, 0.3) is 10.4 Å². The van der Waals surface area contributed by atoms with Crippen LogP contribution < -0.4 is 10.6 Å². The van der Waals surface area contributed by atoms with E-state index in [9.17, 15) is 14.7 Å². The molecule has 6 saturated heterocycles. The van der Waals surface area contributed by atoms with Crippen molar-refractivity contribution in [1.82, 2.24) is 10.6 Å². The van der Waals surface area contributed by atoms with Crippen molar-refractivity contribution < 1.29 is 52.6 Å². The molecule has 6 aliphatic heterocycles. The molecule has 16 nitrogen and oxygen atoms in total. The van der Waals surface area contributed by atoms with Crippen molar-refractivity contribution in [3.05, 3.63) is 10.4 Å². The van der Waals surface area contributed by atoms with Gasteiger partial charge in [-0.2, -0.15) is 0 Å². The Morgan fingerprint density at radius 3 is 1.73 bits per heavy atom. The second-order valence-corrected chi connectivity index (χ2v) is 11.8. The maximum Gasteiger partial charge on any atom is 0.217 e. The normalized spacial score (nSPS) is 44.9. The van der Waals surface area contributed by atoms with E-state index in [2.05, 4.69) is 20.7 Å². The second kappa shape index (κ2) is 10.3. The second-order valence-electron chi connectivity index (χ2n) is 11.8. The van der Waals surface area contributed by atoms with Crippen molar-refractivity contribution in [1.29, 1.82) is 0 Å². The molecule has 4 bridgehead atoms. The van der Waals surface area contributed by atoms with Crippen LogP contribution in [0.4, 0.5) is 0 Å². The number of nitrogens with zero attached hydrogens (tertiary/aromatic N) is 3. The topological polar surface area (TPSA) is 201 Å². The molecule has 0 saturated carbocycles. The van der Waals surface area contributed by atoms with E-state index in [1.54, 1.807) is 27.7 Å². The highest BCUT2D eigenvalue weighted by atomic mass is 16.8. The van der Waals surface area contributed by atoms with Crippen LogP contribution in [0.1, 0.15) is 41.5 Å². The molecule has 6 rings (SSSR count). The number of aliphatic hydroxyl groups excluding tert-OH is 1. The molecule has 224 valence electrons. The summed E-state index contributed by atoms with van der Waals surface area (Å²) < 4.78 is 46.4. The molecule has 0 aromatic heterocycles. The molecule has 2 amide bonds. The Hall–Kier alpha value is -2.11. The van der Waals surface area contributed by atoms with Crippen molar-refractivity contribution in [2.24, 2.45) is 5.11 Å². The van der Waals surface area contributed by atoms with Crippen molar-refractivity contribution in [3.8, 4) is 0 Å². The van der Waals surface area contributed by atoms with Gasteiger partial charge in [-0.15, -0.1) is 0 Å². The highest BCUT2D eigenvalue weighted by Crippen LogP contribution is 2.47. The third-order valence-electron chi connectivity index (χ3n) is 7.68. The number of nitrogens with one attached hydrogen (secondary N) is 2. The SMILES string of the molecule is CC(=O)N[C@H]1[C@H]2OC[C@](CN=[N+]=[N-])(O2)[C@@H]2OC(C)(C)O[C@H]12.CC(=O)N[C@H]1[C@H]2OC[C@](CO)(O2)[C@@H]2OC(C)(C)O[C@H]12. The fourth-order valence-electron chi connectivity index (χ4n) is 6.19. The van der Waals surface area contributed by atoms with Crippen LogP contribution in [0.5, 0.6) is 0 Å². The van der Waals surface area contributed by atoms with Gasteiger partial charge in [0.05, 0.1) is 26.4 Å². The van der Waals surface area contributed by atoms with Gasteiger partial charge in [-0.3, -0.25) is 9.59 Å². The van der Waals surface area contributed by atoms with E-state index in [4.69, 9.17) is 43.4 Å². The summed E-state index contributed by atoms with van der Waals surface area (Å²) in [5, 5.41) is 18.8. The number of carbonyl (C=O) groups is 2. The number of fused-ring (bicyclic) bond motifs is 8. The van der Waals surface area contributed by atoms with Gasteiger partial charge in [0.15, 0.2) is 24.2 Å². The van der Waals surface area contributed by atoms with Gasteiger partial charge in [-0.25, -0.2) is 0 Å². The van der Waals surface area contributed by atoms with Gasteiger partial charge in [0.1, 0.15) is 47.7 Å². The van der Waals surface area contributed by atoms with Crippen molar-refractivity contribution in [2.45, 2.75) is 113 Å². The van der Waals surface area contributed by atoms with Crippen LogP contribution in [0.3, 0.4) is 0 Å². The Balaban J connectivity index is 0.000000162. The fourth-order valence-corrected chi connectivity index (χ4v) is 6.19. The van der Waals surface area contributed by atoms with Crippen LogP contribution in [0.2, 0.25) is 0 Å². The summed E-state index contributed by atoms with van der Waals surface area (Å²) in [6.45, 7) is 10.4. The molecular weight excluding hydrogens is 534 g/mol. The molecule has 0 radical (unpaired) electrons. The van der Waals surface area contributed by atoms with Crippen LogP contribution in [0, 0.1) is 0 Å². The van der Waals surface area contributed by atoms with E-state index in [0.29, 0.717) is 0 Å². The Morgan fingerprint density at radius 2 is 1.27 bits per heavy atom. The number of hydrogen-bond donors (Lipinski definition) is 3. The number of ether oxygens (including phenoxy) is 8. The first-order chi connectivity index (χ1) is 18.7. The maximum atomic E-state index is 11.4. The van der Waals surface area contributed by atoms with E-state index < -0.39 is 71.9 Å². The molecule has 6 aliphatic rings. The first kappa shape index (κ1) is 29.4. The lowest BCUT2D eigenvalue weighted by atomic mass is 9.88. The summed E-state index contributed by atoms with van der Waals surface area (Å²) in [6.07, 6.45) is -3.01. The van der Waals surface area contributed by atoms with E-state index in [0.717, 1.165) is 0 Å². The Morgan fingerprint density at radius 1 is 0.825 bits per heavy atom. The zero-order chi connectivity index (χ0) is 29.1. The Bertz CT molecular complexity index is 1070. The van der Waals surface area contributed by atoms with Gasteiger partial charge in [0, 0.05) is 18.8 Å². The number of hydrogen-bond acceptors (Lipinski definition) is 12. The summed E-state index contributed by atoms with van der Waals surface area (Å²) in [7, 11) is 0. The number of carbonyl (C=O) groups excluding carboxylic acids is 2. The number of amides is 2. The van der Waals surface area contributed by atoms with Crippen molar-refractivity contribution in [2.75, 3.05) is 26.4 Å². The molecule has 0 unspecified atom stereocenters. The number of aliphatic hydroxyl groups is 1. The molecule has 0 aliphatic carbocycles. The zero-order valence-corrected chi connectivity index (χ0v) is 23.3. The van der Waals surface area contributed by atoms with Crippen molar-refractivity contribution in [3.63, 3.8) is 0 Å². The minimum absolute atomic E-state index is 0.0907. The minimum atomic E-state index is -0.905. The summed E-state index contributed by atoms with van der Waals surface area (Å²) in [4.78, 5) is 25.5. The monoisotopic (exact) mass is 571 g/mol. The predicted molar refractivity (Wildman–Crippen MR) is 131 cm³/mol. The minimum Gasteiger partial charge on any atom is -0.393 e. The van der Waals surface area contributed by atoms with E-state index in [1.807, 2.05) is 0 Å². The molecule has 10 atom stereocenters. The molecule has 0 aromatic rings. The van der Waals surface area contributed by atoms with Gasteiger partial charge in [0.2, 0.25) is 11.8 Å². The zero-order valence-electron chi connectivity index (χ0n) is 23.3. The van der Waals surface area contributed by atoms with Gasteiger partial charge >= 0.3 is 0 Å². The lowest BCUT2D eigenvalue weighted by Gasteiger charge is -2.41. The molecular formula is C24H37N5O11. The average Bonchev–Trinajstić information content (AvgIpc) is 3.61. The number of rotatable bonds is 5. The fraction of sp³-hybridized carbons (Fsp3) is 0.917. The number of azide groups is 1. The van der Waals surface area contributed by atoms with E-state index in [-0.39, 0.29) is 38.2 Å². The lowest BCUT2D eigenvalue weighted by molar-refractivity contribution is -0.208. The molecule has 40 heavy (non-hydrogen) atoms. The van der Waals surface area contributed by atoms with E-state index >= 15 is 0 Å². The summed E-state index contributed by atoms with van der Waals surface area (Å²) in [5.74, 6) is -1.97. The van der Waals surface area contributed by atoms with Gasteiger partial charge in [0.25, 0.3) is 0 Å². The molecule has 6 heterocycles. The molecule has 0 aromatic carbocycles. The Labute approximate surface area is 230 Å². The van der Waals surface area contributed by atoms with Gasteiger partial charge in [-0.05, 0) is 33.2 Å². The summed E-state index contributed by atoms with van der Waals surface area (Å²) in [5.41, 5.74) is 6.79. The largest absolute Gasteiger partial charge is 0.393 e. The van der Waals surface area contributed by atoms with Crippen LogP contribution >= 0.6 is 0 Å². The summed E-state index contributed by atoms with van der Waals surface area (Å²) in [6, 6.07) is -0.901. The Kier molecular flexibility index (Phi) is 7.57. The third kappa shape index (κ3) is 5.17. The highest BCUT2D eigenvalue weighted by molar-refractivity contribution is 5.73. The van der Waals surface area contributed by atoms with Crippen LogP contribution in [-0.2, 0) is 47.5 Å². The van der Waals surface area contributed by atoms with Crippen LogP contribution in [0.15, 0.2) is 5.11 Å². The lowest BCUT2D eigenvalue weighted by Crippen LogP contribution is -2.65. The first-order valence-corrected chi connectivity index (χ1v) is 13.2.